The summed E-state index contributed by atoms with van der Waals surface area (Å²) >= 11 is 1.77. The molecular formula is C15H21FN2S. The van der Waals surface area contributed by atoms with E-state index in [1.165, 1.54) is 12.1 Å². The minimum Gasteiger partial charge on any atom is -0.360 e. The Hall–Kier alpha value is -1.03. The predicted molar refractivity (Wildman–Crippen MR) is 81.2 cm³/mol. The monoisotopic (exact) mass is 280 g/mol. The third-order valence-electron chi connectivity index (χ3n) is 3.74. The fraction of sp³-hybridized carbons (Fsp3) is 0.533. The number of hydrogen-bond donors (Lipinski definition) is 1. The lowest BCUT2D eigenvalue weighted by molar-refractivity contribution is 0.389. The van der Waals surface area contributed by atoms with Crippen LogP contribution in [-0.2, 0) is 0 Å². The molecule has 2 unspecified atom stereocenters. The first-order valence-electron chi connectivity index (χ1n) is 6.77. The van der Waals surface area contributed by atoms with Crippen LogP contribution in [0.1, 0.15) is 45.2 Å². The largest absolute Gasteiger partial charge is 0.360 e. The molecule has 2 atom stereocenters. The Morgan fingerprint density at radius 1 is 1.42 bits per heavy atom. The van der Waals surface area contributed by atoms with E-state index >= 15 is 0 Å². The van der Waals surface area contributed by atoms with Crippen LogP contribution >= 0.6 is 11.8 Å². The highest BCUT2D eigenvalue weighted by molar-refractivity contribution is 8.13. The van der Waals surface area contributed by atoms with Gasteiger partial charge in [-0.1, -0.05) is 30.8 Å². The summed E-state index contributed by atoms with van der Waals surface area (Å²) in [5, 5.41) is 4.54. The number of hydrogen-bond acceptors (Lipinski definition) is 2. The lowest BCUT2D eigenvalue weighted by Gasteiger charge is -2.35. The summed E-state index contributed by atoms with van der Waals surface area (Å²) in [6.07, 6.45) is 2.26. The van der Waals surface area contributed by atoms with Crippen LogP contribution in [0.4, 0.5) is 4.39 Å². The second kappa shape index (κ2) is 5.95. The summed E-state index contributed by atoms with van der Waals surface area (Å²) in [6, 6.07) is 6.63. The Morgan fingerprint density at radius 2 is 2.11 bits per heavy atom. The molecule has 1 aliphatic rings. The molecule has 2 nitrogen and oxygen atoms in total. The van der Waals surface area contributed by atoms with Crippen molar-refractivity contribution in [1.82, 2.24) is 5.32 Å². The van der Waals surface area contributed by atoms with Crippen LogP contribution in [0, 0.1) is 5.82 Å². The van der Waals surface area contributed by atoms with E-state index in [2.05, 4.69) is 19.2 Å². The zero-order chi connectivity index (χ0) is 13.9. The van der Waals surface area contributed by atoms with Crippen molar-refractivity contribution in [3.8, 4) is 0 Å². The smallest absolute Gasteiger partial charge is 0.157 e. The Bertz CT molecular complexity index is 458. The van der Waals surface area contributed by atoms with Gasteiger partial charge in [0.2, 0.25) is 0 Å². The number of benzene rings is 1. The van der Waals surface area contributed by atoms with E-state index < -0.39 is 0 Å². The topological polar surface area (TPSA) is 24.4 Å². The highest BCUT2D eigenvalue weighted by Gasteiger charge is 2.27. The fourth-order valence-corrected chi connectivity index (χ4v) is 3.35. The molecule has 2 rings (SSSR count). The van der Waals surface area contributed by atoms with Crippen molar-refractivity contribution in [3.63, 3.8) is 0 Å². The van der Waals surface area contributed by atoms with Crippen molar-refractivity contribution in [2.24, 2.45) is 4.99 Å². The van der Waals surface area contributed by atoms with Crippen molar-refractivity contribution in [2.75, 3.05) is 5.75 Å². The molecule has 0 bridgehead atoms. The molecule has 0 saturated carbocycles. The molecule has 104 valence electrons. The third-order valence-corrected chi connectivity index (χ3v) is 4.63. The molecule has 0 spiro atoms. The summed E-state index contributed by atoms with van der Waals surface area (Å²) in [5.41, 5.74) is 1.20. The van der Waals surface area contributed by atoms with Crippen molar-refractivity contribution in [3.05, 3.63) is 35.6 Å². The van der Waals surface area contributed by atoms with Gasteiger partial charge in [-0.25, -0.2) is 4.39 Å². The highest BCUT2D eigenvalue weighted by Crippen LogP contribution is 2.27. The van der Waals surface area contributed by atoms with Crippen LogP contribution in [0.3, 0.4) is 0 Å². The van der Waals surface area contributed by atoms with Crippen LogP contribution in [0.25, 0.3) is 0 Å². The highest BCUT2D eigenvalue weighted by atomic mass is 32.2. The standard InChI is InChI=1S/C15H21FN2S/c1-4-15(3)9-10-19-14(18-15)17-11(2)12-5-7-13(16)8-6-12/h5-8,11H,4,9-10H2,1-3H3,(H,17,18). The quantitative estimate of drug-likeness (QED) is 0.900. The normalized spacial score (nSPS) is 27.1. The first-order chi connectivity index (χ1) is 9.02. The molecule has 1 heterocycles. The average Bonchev–Trinajstić information content (AvgIpc) is 2.39. The van der Waals surface area contributed by atoms with E-state index in [0.717, 1.165) is 29.3 Å². The molecule has 0 radical (unpaired) electrons. The van der Waals surface area contributed by atoms with Gasteiger partial charge in [-0.2, -0.15) is 0 Å². The van der Waals surface area contributed by atoms with E-state index in [0.29, 0.717) is 0 Å². The van der Waals surface area contributed by atoms with Gasteiger partial charge in [0.05, 0.1) is 6.04 Å². The molecule has 4 heteroatoms. The van der Waals surface area contributed by atoms with Crippen LogP contribution in [0.2, 0.25) is 0 Å². The molecule has 1 aliphatic heterocycles. The minimum absolute atomic E-state index is 0.0507. The van der Waals surface area contributed by atoms with Crippen LogP contribution in [-0.4, -0.2) is 16.5 Å². The first kappa shape index (κ1) is 14.4. The van der Waals surface area contributed by atoms with Gasteiger partial charge < -0.3 is 5.32 Å². The second-order valence-electron chi connectivity index (χ2n) is 5.30. The molecular weight excluding hydrogens is 259 g/mol. The Kier molecular flexibility index (Phi) is 4.50. The molecule has 1 N–H and O–H groups in total. The molecule has 1 aromatic carbocycles. The van der Waals surface area contributed by atoms with E-state index in [1.54, 1.807) is 23.9 Å². The molecule has 0 aliphatic carbocycles. The van der Waals surface area contributed by atoms with E-state index in [-0.39, 0.29) is 17.4 Å². The minimum atomic E-state index is -0.202. The van der Waals surface area contributed by atoms with Crippen molar-refractivity contribution in [2.45, 2.75) is 45.2 Å². The number of aliphatic imine (C=N–C) groups is 1. The first-order valence-corrected chi connectivity index (χ1v) is 7.75. The summed E-state index contributed by atoms with van der Waals surface area (Å²) in [7, 11) is 0. The van der Waals surface area contributed by atoms with Gasteiger partial charge in [0.15, 0.2) is 5.17 Å². The summed E-state index contributed by atoms with van der Waals surface area (Å²) in [4.78, 5) is 4.73. The van der Waals surface area contributed by atoms with Crippen LogP contribution in [0.5, 0.6) is 0 Å². The predicted octanol–water partition coefficient (Wildman–Crippen LogP) is 4.14. The van der Waals surface area contributed by atoms with Crippen molar-refractivity contribution >= 4 is 16.9 Å². The Labute approximate surface area is 118 Å². The van der Waals surface area contributed by atoms with Gasteiger partial charge in [-0.15, -0.1) is 0 Å². The van der Waals surface area contributed by atoms with Crippen molar-refractivity contribution in [1.29, 1.82) is 0 Å². The lowest BCUT2D eigenvalue weighted by Crippen LogP contribution is -2.48. The maximum absolute atomic E-state index is 12.9. The van der Waals surface area contributed by atoms with E-state index in [1.807, 2.05) is 6.92 Å². The molecule has 1 fully saturated rings. The van der Waals surface area contributed by atoms with Crippen LogP contribution in [0.15, 0.2) is 29.3 Å². The number of rotatable bonds is 3. The molecule has 19 heavy (non-hydrogen) atoms. The summed E-state index contributed by atoms with van der Waals surface area (Å²) in [6.45, 7) is 6.48. The average molecular weight is 280 g/mol. The van der Waals surface area contributed by atoms with Crippen LogP contribution < -0.4 is 5.32 Å². The zero-order valence-corrected chi connectivity index (χ0v) is 12.6. The number of nitrogens with one attached hydrogen (secondary N) is 1. The maximum atomic E-state index is 12.9. The lowest BCUT2D eigenvalue weighted by atomic mass is 9.96. The number of halogens is 1. The summed E-state index contributed by atoms with van der Waals surface area (Å²) in [5.74, 6) is 0.902. The number of amidine groups is 1. The fourth-order valence-electron chi connectivity index (χ4n) is 2.06. The zero-order valence-electron chi connectivity index (χ0n) is 11.7. The van der Waals surface area contributed by atoms with Gasteiger partial charge in [-0.05, 0) is 44.4 Å². The van der Waals surface area contributed by atoms with Gasteiger partial charge in [-0.3, -0.25) is 4.99 Å². The maximum Gasteiger partial charge on any atom is 0.157 e. The molecule has 1 aromatic rings. The van der Waals surface area contributed by atoms with Crippen molar-refractivity contribution < 1.29 is 4.39 Å². The Balaban J connectivity index is 2.10. The number of thioether (sulfide) groups is 1. The van der Waals surface area contributed by atoms with Gasteiger partial charge in [0.1, 0.15) is 5.82 Å². The summed E-state index contributed by atoms with van der Waals surface area (Å²) < 4.78 is 12.9. The molecule has 0 aromatic heterocycles. The van der Waals surface area contributed by atoms with Gasteiger partial charge >= 0.3 is 0 Å². The van der Waals surface area contributed by atoms with E-state index in [4.69, 9.17) is 4.99 Å². The molecule has 1 saturated heterocycles. The van der Waals surface area contributed by atoms with Gasteiger partial charge in [0.25, 0.3) is 0 Å². The Morgan fingerprint density at radius 3 is 2.74 bits per heavy atom. The number of nitrogens with zero attached hydrogens (tertiary/aromatic N) is 1. The second-order valence-corrected chi connectivity index (χ2v) is 6.38. The molecule has 0 amide bonds. The SMILES string of the molecule is CCC1(C)CCSC(=NC(C)c2ccc(F)cc2)N1. The van der Waals surface area contributed by atoms with E-state index in [9.17, 15) is 4.39 Å². The van der Waals surface area contributed by atoms with Gasteiger partial charge in [0, 0.05) is 11.3 Å². The third kappa shape index (κ3) is 3.72.